The van der Waals surface area contributed by atoms with Gasteiger partial charge in [-0.2, -0.15) is 0 Å². The highest BCUT2D eigenvalue weighted by Crippen LogP contribution is 2.19. The number of hydrogen-bond acceptors (Lipinski definition) is 3. The summed E-state index contributed by atoms with van der Waals surface area (Å²) >= 11 is 1.64. The Morgan fingerprint density at radius 1 is 1.50 bits per heavy atom. The van der Waals surface area contributed by atoms with Gasteiger partial charge < -0.3 is 5.21 Å². The Labute approximate surface area is 76.3 Å². The normalized spacial score (nSPS) is 10.8. The Balaban J connectivity index is 3.12. The van der Waals surface area contributed by atoms with E-state index >= 15 is 0 Å². The smallest absolute Gasteiger partial charge is 0.0745 e. The molecule has 0 amide bonds. The van der Waals surface area contributed by atoms with Gasteiger partial charge in [-0.3, -0.25) is 0 Å². The van der Waals surface area contributed by atoms with Crippen LogP contribution in [-0.2, 0) is 0 Å². The monoisotopic (exact) mass is 181 g/mol. The fourth-order valence-electron chi connectivity index (χ4n) is 1.02. The van der Waals surface area contributed by atoms with Crippen molar-refractivity contribution in [1.29, 1.82) is 0 Å². The Bertz CT molecular complexity index is 297. The maximum absolute atomic E-state index is 8.39. The van der Waals surface area contributed by atoms with Gasteiger partial charge in [-0.25, -0.2) is 0 Å². The molecule has 0 unspecified atom stereocenters. The molecular formula is C9H11NOS. The van der Waals surface area contributed by atoms with E-state index in [1.165, 1.54) is 11.8 Å². The number of rotatable bonds is 2. The van der Waals surface area contributed by atoms with Crippen molar-refractivity contribution >= 4 is 18.0 Å². The summed E-state index contributed by atoms with van der Waals surface area (Å²) in [7, 11) is 0. The SMILES string of the molecule is CSc1ccc(C)cc1/C=N/O. The standard InChI is InChI=1S/C9H11NOS/c1-7-3-4-9(12-2)8(5-7)6-10-11/h3-6,11H,1-2H3/b10-6+. The van der Waals surface area contributed by atoms with Crippen LogP contribution in [-0.4, -0.2) is 17.7 Å². The van der Waals surface area contributed by atoms with Crippen molar-refractivity contribution in [3.05, 3.63) is 29.3 Å². The molecule has 1 aromatic rings. The Kier molecular flexibility index (Phi) is 3.17. The molecule has 64 valence electrons. The molecule has 0 saturated heterocycles. The van der Waals surface area contributed by atoms with E-state index in [1.54, 1.807) is 11.8 Å². The second-order valence-electron chi connectivity index (χ2n) is 2.49. The summed E-state index contributed by atoms with van der Waals surface area (Å²) in [6.45, 7) is 2.01. The van der Waals surface area contributed by atoms with E-state index in [4.69, 9.17) is 5.21 Å². The molecule has 0 atom stereocenters. The van der Waals surface area contributed by atoms with Crippen LogP contribution in [0.25, 0.3) is 0 Å². The zero-order chi connectivity index (χ0) is 8.97. The molecule has 0 radical (unpaired) electrons. The van der Waals surface area contributed by atoms with Crippen LogP contribution in [0.15, 0.2) is 28.3 Å². The number of aryl methyl sites for hydroxylation is 1. The number of oxime groups is 1. The van der Waals surface area contributed by atoms with Gasteiger partial charge in [-0.15, -0.1) is 11.8 Å². The molecule has 0 aliphatic rings. The highest BCUT2D eigenvalue weighted by atomic mass is 32.2. The first-order valence-corrected chi connectivity index (χ1v) is 4.82. The van der Waals surface area contributed by atoms with Crippen LogP contribution in [0.5, 0.6) is 0 Å². The van der Waals surface area contributed by atoms with E-state index < -0.39 is 0 Å². The predicted octanol–water partition coefficient (Wildman–Crippen LogP) is 2.53. The molecule has 1 aromatic carbocycles. The Morgan fingerprint density at radius 2 is 2.25 bits per heavy atom. The molecular weight excluding hydrogens is 170 g/mol. The minimum Gasteiger partial charge on any atom is -0.411 e. The molecule has 3 heteroatoms. The number of benzene rings is 1. The molecule has 0 aliphatic carbocycles. The van der Waals surface area contributed by atoms with E-state index in [-0.39, 0.29) is 0 Å². The van der Waals surface area contributed by atoms with Crippen molar-refractivity contribution in [1.82, 2.24) is 0 Å². The van der Waals surface area contributed by atoms with E-state index in [0.29, 0.717) is 0 Å². The highest BCUT2D eigenvalue weighted by molar-refractivity contribution is 7.98. The molecule has 0 heterocycles. The fourth-order valence-corrected chi connectivity index (χ4v) is 1.57. The summed E-state index contributed by atoms with van der Waals surface area (Å²) in [5.74, 6) is 0. The topological polar surface area (TPSA) is 32.6 Å². The summed E-state index contributed by atoms with van der Waals surface area (Å²) in [5, 5.41) is 11.4. The number of thioether (sulfide) groups is 1. The Morgan fingerprint density at radius 3 is 2.83 bits per heavy atom. The molecule has 0 fully saturated rings. The molecule has 0 aliphatic heterocycles. The minimum atomic E-state index is 0.963. The van der Waals surface area contributed by atoms with Gasteiger partial charge in [-0.05, 0) is 25.3 Å². The van der Waals surface area contributed by atoms with Crippen LogP contribution >= 0.6 is 11.8 Å². The first-order valence-electron chi connectivity index (χ1n) is 3.60. The second-order valence-corrected chi connectivity index (χ2v) is 3.34. The Hall–Kier alpha value is -0.960. The van der Waals surface area contributed by atoms with Crippen molar-refractivity contribution in [2.75, 3.05) is 6.26 Å². The van der Waals surface area contributed by atoms with Crippen LogP contribution in [0.1, 0.15) is 11.1 Å². The summed E-state index contributed by atoms with van der Waals surface area (Å²) in [6.07, 6.45) is 3.46. The molecule has 1 N–H and O–H groups in total. The second kappa shape index (κ2) is 4.16. The largest absolute Gasteiger partial charge is 0.411 e. The van der Waals surface area contributed by atoms with Gasteiger partial charge in [0.1, 0.15) is 0 Å². The van der Waals surface area contributed by atoms with Gasteiger partial charge in [-0.1, -0.05) is 16.8 Å². The van der Waals surface area contributed by atoms with Crippen LogP contribution in [0, 0.1) is 6.92 Å². The third-order valence-electron chi connectivity index (χ3n) is 1.58. The molecule has 0 bridgehead atoms. The quantitative estimate of drug-likeness (QED) is 0.329. The van der Waals surface area contributed by atoms with Crippen molar-refractivity contribution in [3.8, 4) is 0 Å². The molecule has 1 rings (SSSR count). The average molecular weight is 181 g/mol. The number of hydrogen-bond donors (Lipinski definition) is 1. The van der Waals surface area contributed by atoms with E-state index in [1.807, 2.05) is 31.4 Å². The van der Waals surface area contributed by atoms with Crippen LogP contribution in [0.3, 0.4) is 0 Å². The van der Waals surface area contributed by atoms with Crippen LogP contribution in [0.4, 0.5) is 0 Å². The third-order valence-corrected chi connectivity index (χ3v) is 2.39. The summed E-state index contributed by atoms with van der Waals surface area (Å²) in [5.41, 5.74) is 2.13. The zero-order valence-corrected chi connectivity index (χ0v) is 7.93. The van der Waals surface area contributed by atoms with Crippen LogP contribution < -0.4 is 0 Å². The first-order chi connectivity index (χ1) is 5.77. The van der Waals surface area contributed by atoms with Crippen molar-refractivity contribution < 1.29 is 5.21 Å². The maximum atomic E-state index is 8.39. The molecule has 12 heavy (non-hydrogen) atoms. The van der Waals surface area contributed by atoms with Gasteiger partial charge in [0, 0.05) is 10.5 Å². The average Bonchev–Trinajstić information content (AvgIpc) is 2.05. The summed E-state index contributed by atoms with van der Waals surface area (Å²) < 4.78 is 0. The molecule has 2 nitrogen and oxygen atoms in total. The van der Waals surface area contributed by atoms with Crippen molar-refractivity contribution in [2.24, 2.45) is 5.16 Å². The zero-order valence-electron chi connectivity index (χ0n) is 7.11. The minimum absolute atomic E-state index is 0.963. The summed E-state index contributed by atoms with van der Waals surface area (Å²) in [4.78, 5) is 1.12. The van der Waals surface area contributed by atoms with E-state index in [2.05, 4.69) is 5.16 Å². The molecule has 0 aromatic heterocycles. The van der Waals surface area contributed by atoms with Crippen LogP contribution in [0.2, 0.25) is 0 Å². The lowest BCUT2D eigenvalue weighted by molar-refractivity contribution is 0.322. The van der Waals surface area contributed by atoms with Gasteiger partial charge in [0.25, 0.3) is 0 Å². The first kappa shape index (κ1) is 9.13. The lowest BCUT2D eigenvalue weighted by atomic mass is 10.1. The van der Waals surface area contributed by atoms with Gasteiger partial charge in [0.05, 0.1) is 6.21 Å². The number of nitrogens with zero attached hydrogens (tertiary/aromatic N) is 1. The summed E-state index contributed by atoms with van der Waals surface area (Å²) in [6, 6.07) is 6.06. The van der Waals surface area contributed by atoms with E-state index in [9.17, 15) is 0 Å². The van der Waals surface area contributed by atoms with Crippen molar-refractivity contribution in [2.45, 2.75) is 11.8 Å². The lowest BCUT2D eigenvalue weighted by Crippen LogP contribution is -1.86. The predicted molar refractivity (Wildman–Crippen MR) is 52.3 cm³/mol. The maximum Gasteiger partial charge on any atom is 0.0745 e. The lowest BCUT2D eigenvalue weighted by Gasteiger charge is -2.01. The molecule has 0 saturated carbocycles. The van der Waals surface area contributed by atoms with Crippen molar-refractivity contribution in [3.63, 3.8) is 0 Å². The molecule has 0 spiro atoms. The van der Waals surface area contributed by atoms with Gasteiger partial charge in [0.15, 0.2) is 0 Å². The van der Waals surface area contributed by atoms with Gasteiger partial charge >= 0.3 is 0 Å². The fraction of sp³-hybridized carbons (Fsp3) is 0.222. The van der Waals surface area contributed by atoms with E-state index in [0.717, 1.165) is 10.5 Å². The van der Waals surface area contributed by atoms with Gasteiger partial charge in [0.2, 0.25) is 0 Å². The highest BCUT2D eigenvalue weighted by Gasteiger charge is 1.98. The third kappa shape index (κ3) is 2.01.